The predicted octanol–water partition coefficient (Wildman–Crippen LogP) is 5.35. The number of pyridine rings is 1. The van der Waals surface area contributed by atoms with E-state index in [2.05, 4.69) is 33.5 Å². The van der Waals surface area contributed by atoms with Gasteiger partial charge in [-0.1, -0.05) is 25.0 Å². The molecule has 1 fully saturated rings. The van der Waals surface area contributed by atoms with Gasteiger partial charge in [-0.2, -0.15) is 0 Å². The number of fused-ring (bicyclic) bond motifs is 2. The van der Waals surface area contributed by atoms with Crippen molar-refractivity contribution in [3.8, 4) is 11.4 Å². The lowest BCUT2D eigenvalue weighted by molar-refractivity contribution is 0.342. The second-order valence-electron chi connectivity index (χ2n) is 8.44. The highest BCUT2D eigenvalue weighted by Crippen LogP contribution is 2.35. The van der Waals surface area contributed by atoms with Crippen LogP contribution in [0, 0.1) is 18.7 Å². The fourth-order valence-corrected chi connectivity index (χ4v) is 4.73. The third-order valence-corrected chi connectivity index (χ3v) is 6.51. The van der Waals surface area contributed by atoms with Crippen LogP contribution >= 0.6 is 0 Å². The van der Waals surface area contributed by atoms with Gasteiger partial charge in [0.2, 0.25) is 0 Å². The minimum atomic E-state index is -0.224. The Balaban J connectivity index is 1.30. The van der Waals surface area contributed by atoms with Crippen LogP contribution in [0.15, 0.2) is 30.5 Å². The summed E-state index contributed by atoms with van der Waals surface area (Å²) in [7, 11) is 0. The molecule has 4 nitrogen and oxygen atoms in total. The Kier molecular flexibility index (Phi) is 4.92. The number of halogens is 1. The number of H-pyrrole nitrogens is 1. The molecule has 1 saturated heterocycles. The Morgan fingerprint density at radius 3 is 2.90 bits per heavy atom. The first-order valence-electron chi connectivity index (χ1n) is 10.7. The van der Waals surface area contributed by atoms with E-state index < -0.39 is 0 Å². The lowest BCUT2D eigenvalue weighted by Crippen LogP contribution is -2.27. The van der Waals surface area contributed by atoms with Crippen molar-refractivity contribution in [3.05, 3.63) is 53.1 Å². The Hall–Kier alpha value is -2.53. The number of allylic oxidation sites excluding steroid dienone is 1. The molecule has 29 heavy (non-hydrogen) atoms. The molecular weight excluding hydrogens is 363 g/mol. The van der Waals surface area contributed by atoms with E-state index in [1.807, 2.05) is 6.20 Å². The van der Waals surface area contributed by atoms with Crippen LogP contribution in [-0.2, 0) is 0 Å². The molecule has 1 aromatic carbocycles. The third-order valence-electron chi connectivity index (χ3n) is 6.51. The van der Waals surface area contributed by atoms with E-state index in [9.17, 15) is 4.39 Å². The molecule has 1 aliphatic heterocycles. The summed E-state index contributed by atoms with van der Waals surface area (Å²) in [6.07, 6.45) is 12.8. The fraction of sp³-hybridized carbons (Fsp3) is 0.417. The number of aromatic amines is 1. The summed E-state index contributed by atoms with van der Waals surface area (Å²) in [6.45, 7) is 4.12. The number of nitrogens with zero attached hydrogens (tertiary/aromatic N) is 2. The number of aryl methyl sites for hydroxylation is 1. The smallest absolute Gasteiger partial charge is 0.140 e. The quantitative estimate of drug-likeness (QED) is 0.617. The van der Waals surface area contributed by atoms with Crippen molar-refractivity contribution >= 4 is 17.1 Å². The minimum absolute atomic E-state index is 0.224. The highest BCUT2D eigenvalue weighted by Gasteiger charge is 2.21. The molecule has 2 aliphatic rings. The van der Waals surface area contributed by atoms with Crippen LogP contribution in [0.25, 0.3) is 28.5 Å². The zero-order valence-electron chi connectivity index (χ0n) is 16.8. The van der Waals surface area contributed by atoms with Crippen molar-refractivity contribution in [2.75, 3.05) is 13.1 Å². The molecule has 0 radical (unpaired) electrons. The van der Waals surface area contributed by atoms with Gasteiger partial charge in [-0.25, -0.2) is 9.37 Å². The van der Waals surface area contributed by atoms with Gasteiger partial charge >= 0.3 is 0 Å². The van der Waals surface area contributed by atoms with Gasteiger partial charge in [0, 0.05) is 23.2 Å². The second kappa shape index (κ2) is 7.71. The zero-order chi connectivity index (χ0) is 19.8. The maximum Gasteiger partial charge on any atom is 0.140 e. The summed E-state index contributed by atoms with van der Waals surface area (Å²) in [5, 5.41) is 3.44. The van der Waals surface area contributed by atoms with Crippen LogP contribution in [0.2, 0.25) is 0 Å². The highest BCUT2D eigenvalue weighted by molar-refractivity contribution is 5.82. The monoisotopic (exact) mass is 390 g/mol. The lowest BCUT2D eigenvalue weighted by Gasteiger charge is -2.22. The Bertz CT molecular complexity index is 1060. The van der Waals surface area contributed by atoms with Crippen molar-refractivity contribution in [1.29, 1.82) is 0 Å². The summed E-state index contributed by atoms with van der Waals surface area (Å²) in [4.78, 5) is 12.7. The van der Waals surface area contributed by atoms with Crippen LogP contribution in [-0.4, -0.2) is 28.0 Å². The summed E-state index contributed by atoms with van der Waals surface area (Å²) in [6, 6.07) is 5.38. The molecule has 3 heterocycles. The first-order valence-corrected chi connectivity index (χ1v) is 10.7. The predicted molar refractivity (Wildman–Crippen MR) is 115 cm³/mol. The van der Waals surface area contributed by atoms with Crippen molar-refractivity contribution in [2.45, 2.75) is 44.9 Å². The maximum absolute atomic E-state index is 13.8. The number of aromatic nitrogens is 3. The average Bonchev–Trinajstić information content (AvgIpc) is 3.36. The molecule has 1 unspecified atom stereocenters. The summed E-state index contributed by atoms with van der Waals surface area (Å²) < 4.78 is 13.8. The Morgan fingerprint density at radius 1 is 1.17 bits per heavy atom. The van der Waals surface area contributed by atoms with Crippen LogP contribution in [0.1, 0.15) is 54.8 Å². The van der Waals surface area contributed by atoms with Gasteiger partial charge in [-0.15, -0.1) is 0 Å². The highest BCUT2D eigenvalue weighted by atomic mass is 19.1. The molecule has 0 saturated carbocycles. The van der Waals surface area contributed by atoms with E-state index in [0.29, 0.717) is 17.0 Å². The number of piperidine rings is 1. The molecule has 5 rings (SSSR count). The minimum Gasteiger partial charge on any atom is -0.338 e. The number of imidazole rings is 1. The number of benzene rings is 1. The van der Waals surface area contributed by atoms with E-state index >= 15 is 0 Å². The first-order chi connectivity index (χ1) is 14.2. The third kappa shape index (κ3) is 3.60. The van der Waals surface area contributed by atoms with Crippen LogP contribution in [0.3, 0.4) is 0 Å². The zero-order valence-corrected chi connectivity index (χ0v) is 16.8. The van der Waals surface area contributed by atoms with E-state index in [1.165, 1.54) is 62.5 Å². The summed E-state index contributed by atoms with van der Waals surface area (Å²) in [5.41, 5.74) is 5.42. The van der Waals surface area contributed by atoms with E-state index in [-0.39, 0.29) is 5.82 Å². The molecule has 2 N–H and O–H groups in total. The summed E-state index contributed by atoms with van der Waals surface area (Å²) >= 11 is 0. The van der Waals surface area contributed by atoms with Crippen molar-refractivity contribution < 1.29 is 4.39 Å². The molecule has 150 valence electrons. The molecular formula is C24H27FN4. The van der Waals surface area contributed by atoms with Gasteiger partial charge in [0.1, 0.15) is 11.6 Å². The average molecular weight is 391 g/mol. The van der Waals surface area contributed by atoms with Gasteiger partial charge in [-0.3, -0.25) is 4.98 Å². The van der Waals surface area contributed by atoms with Gasteiger partial charge in [0.15, 0.2) is 0 Å². The first kappa shape index (κ1) is 18.5. The van der Waals surface area contributed by atoms with E-state index in [0.717, 1.165) is 22.8 Å². The number of nitrogens with one attached hydrogen (secondary N) is 2. The topological polar surface area (TPSA) is 53.6 Å². The molecule has 2 aromatic heterocycles. The van der Waals surface area contributed by atoms with Gasteiger partial charge in [-0.05, 0) is 69.0 Å². The van der Waals surface area contributed by atoms with E-state index in [1.54, 1.807) is 13.0 Å². The van der Waals surface area contributed by atoms with Crippen LogP contribution in [0.5, 0.6) is 0 Å². The molecule has 0 spiro atoms. The lowest BCUT2D eigenvalue weighted by atomic mass is 9.90. The van der Waals surface area contributed by atoms with Gasteiger partial charge < -0.3 is 10.3 Å². The molecule has 1 atom stereocenters. The normalized spacial score (nSPS) is 19.2. The Labute approximate surface area is 170 Å². The molecule has 0 amide bonds. The summed E-state index contributed by atoms with van der Waals surface area (Å²) in [5.74, 6) is 1.83. The fourth-order valence-electron chi connectivity index (χ4n) is 4.73. The number of hydrogen-bond donors (Lipinski definition) is 2. The molecule has 3 aromatic rings. The molecule has 1 aliphatic carbocycles. The van der Waals surface area contributed by atoms with E-state index in [4.69, 9.17) is 4.98 Å². The second-order valence-corrected chi connectivity index (χ2v) is 8.44. The van der Waals surface area contributed by atoms with Crippen molar-refractivity contribution in [2.24, 2.45) is 5.92 Å². The number of hydrogen-bond acceptors (Lipinski definition) is 3. The van der Waals surface area contributed by atoms with Gasteiger partial charge in [0.25, 0.3) is 0 Å². The number of rotatable bonds is 5. The SMILES string of the molecule is Cc1c(F)ccc2[nH]c(-c3cnc4c(c3)C=CC4CCCC3CCNCC3)nc12. The molecule has 0 bridgehead atoms. The largest absolute Gasteiger partial charge is 0.338 e. The Morgan fingerprint density at radius 2 is 2.03 bits per heavy atom. The van der Waals surface area contributed by atoms with Crippen LogP contribution < -0.4 is 5.32 Å². The van der Waals surface area contributed by atoms with Crippen molar-refractivity contribution in [3.63, 3.8) is 0 Å². The molecule has 5 heteroatoms. The van der Waals surface area contributed by atoms with Crippen LogP contribution in [0.4, 0.5) is 4.39 Å². The van der Waals surface area contributed by atoms with Gasteiger partial charge in [0.05, 0.1) is 16.7 Å². The standard InChI is InChI=1S/C24H27FN4/c1-15-20(25)7-8-21-22(15)29-24(28-21)19-13-18-6-5-17(23(18)27-14-19)4-2-3-16-9-11-26-12-10-16/h5-8,13-14,16-17,26H,2-4,9-12H2,1H3,(H,28,29). The van der Waals surface area contributed by atoms with Crippen molar-refractivity contribution in [1.82, 2.24) is 20.3 Å². The maximum atomic E-state index is 13.8.